The first-order chi connectivity index (χ1) is 8.76. The van der Waals surface area contributed by atoms with Crippen molar-refractivity contribution in [3.05, 3.63) is 28.8 Å². The first kappa shape index (κ1) is 13.7. The summed E-state index contributed by atoms with van der Waals surface area (Å²) in [6.07, 6.45) is 4.81. The van der Waals surface area contributed by atoms with Gasteiger partial charge in [-0.25, -0.2) is 0 Å². The third-order valence-corrected chi connectivity index (χ3v) is 3.86. The number of hydrogen-bond acceptors (Lipinski definition) is 3. The smallest absolute Gasteiger partial charge is 0.0702 e. The van der Waals surface area contributed by atoms with Gasteiger partial charge in [0.1, 0.15) is 0 Å². The predicted molar refractivity (Wildman–Crippen MR) is 74.1 cm³/mol. The van der Waals surface area contributed by atoms with Crippen molar-refractivity contribution < 1.29 is 10.2 Å². The number of hydrogen-bond donors (Lipinski definition) is 2. The summed E-state index contributed by atoms with van der Waals surface area (Å²) in [7, 11) is 0. The first-order valence-electron chi connectivity index (χ1n) is 6.53. The van der Waals surface area contributed by atoms with Crippen molar-refractivity contribution in [3.63, 3.8) is 0 Å². The summed E-state index contributed by atoms with van der Waals surface area (Å²) < 4.78 is 0. The van der Waals surface area contributed by atoms with Gasteiger partial charge in [0.25, 0.3) is 0 Å². The van der Waals surface area contributed by atoms with Gasteiger partial charge in [-0.3, -0.25) is 0 Å². The molecule has 1 saturated carbocycles. The second-order valence-electron chi connectivity index (χ2n) is 4.79. The fraction of sp³-hybridized carbons (Fsp3) is 0.571. The van der Waals surface area contributed by atoms with E-state index in [0.717, 1.165) is 24.1 Å². The summed E-state index contributed by atoms with van der Waals surface area (Å²) in [4.78, 5) is 2.22. The quantitative estimate of drug-likeness (QED) is 0.864. The van der Waals surface area contributed by atoms with E-state index in [1.165, 1.54) is 12.8 Å². The van der Waals surface area contributed by atoms with Crippen molar-refractivity contribution in [2.75, 3.05) is 18.1 Å². The van der Waals surface area contributed by atoms with Crippen LogP contribution in [0.15, 0.2) is 18.2 Å². The zero-order chi connectivity index (χ0) is 13.0. The first-order valence-corrected chi connectivity index (χ1v) is 6.91. The molecular weight excluding hydrogens is 250 g/mol. The van der Waals surface area contributed by atoms with E-state index < -0.39 is 0 Å². The van der Waals surface area contributed by atoms with E-state index in [0.29, 0.717) is 17.6 Å². The van der Waals surface area contributed by atoms with Crippen molar-refractivity contribution in [2.24, 2.45) is 0 Å². The number of nitrogens with zero attached hydrogens (tertiary/aromatic N) is 1. The van der Waals surface area contributed by atoms with E-state index >= 15 is 0 Å². The minimum absolute atomic E-state index is 0.0233. The van der Waals surface area contributed by atoms with E-state index in [4.69, 9.17) is 11.6 Å². The molecule has 1 aromatic carbocycles. The van der Waals surface area contributed by atoms with E-state index in [2.05, 4.69) is 4.90 Å². The maximum absolute atomic E-state index is 9.45. The summed E-state index contributed by atoms with van der Waals surface area (Å²) in [6, 6.07) is 6.07. The fourth-order valence-corrected chi connectivity index (χ4v) is 2.98. The van der Waals surface area contributed by atoms with E-state index in [9.17, 15) is 10.2 Å². The van der Waals surface area contributed by atoms with Gasteiger partial charge in [-0.2, -0.15) is 0 Å². The molecule has 0 aliphatic heterocycles. The van der Waals surface area contributed by atoms with Crippen LogP contribution in [0, 0.1) is 0 Å². The van der Waals surface area contributed by atoms with Crippen LogP contribution in [-0.4, -0.2) is 29.4 Å². The SMILES string of the molecule is OCCN(c1ccc(Cl)cc1CO)C1CCCC1. The lowest BCUT2D eigenvalue weighted by Gasteiger charge is -2.32. The predicted octanol–water partition coefficient (Wildman–Crippen LogP) is 2.57. The van der Waals surface area contributed by atoms with Crippen molar-refractivity contribution in [1.82, 2.24) is 0 Å². The van der Waals surface area contributed by atoms with Crippen LogP contribution in [0.3, 0.4) is 0 Å². The summed E-state index contributed by atoms with van der Waals surface area (Å²) in [6.45, 7) is 0.716. The Morgan fingerprint density at radius 3 is 2.56 bits per heavy atom. The zero-order valence-corrected chi connectivity index (χ0v) is 11.2. The molecule has 18 heavy (non-hydrogen) atoms. The van der Waals surface area contributed by atoms with Crippen LogP contribution in [0.2, 0.25) is 5.02 Å². The van der Waals surface area contributed by atoms with Crippen LogP contribution in [0.1, 0.15) is 31.2 Å². The lowest BCUT2D eigenvalue weighted by molar-refractivity contribution is 0.279. The Morgan fingerprint density at radius 1 is 1.22 bits per heavy atom. The van der Waals surface area contributed by atoms with Gasteiger partial charge >= 0.3 is 0 Å². The standard InChI is InChI=1S/C14H20ClNO2/c15-12-5-6-14(11(9-12)10-18)16(7-8-17)13-3-1-2-4-13/h5-6,9,13,17-18H,1-4,7-8,10H2. The number of halogens is 1. The number of benzene rings is 1. The van der Waals surface area contributed by atoms with Crippen LogP contribution in [0.5, 0.6) is 0 Å². The van der Waals surface area contributed by atoms with Crippen LogP contribution in [0.25, 0.3) is 0 Å². The van der Waals surface area contributed by atoms with E-state index in [-0.39, 0.29) is 13.2 Å². The molecule has 1 aliphatic rings. The van der Waals surface area contributed by atoms with Gasteiger partial charge in [-0.15, -0.1) is 0 Å². The summed E-state index contributed by atoms with van der Waals surface area (Å²) in [5.41, 5.74) is 1.84. The molecule has 0 aromatic heterocycles. The minimum atomic E-state index is -0.0233. The van der Waals surface area contributed by atoms with Crippen molar-refractivity contribution in [1.29, 1.82) is 0 Å². The Kier molecular flexibility index (Phi) is 4.87. The number of anilines is 1. The molecule has 100 valence electrons. The zero-order valence-electron chi connectivity index (χ0n) is 10.5. The lowest BCUT2D eigenvalue weighted by Crippen LogP contribution is -2.36. The Bertz CT molecular complexity index is 391. The van der Waals surface area contributed by atoms with Gasteiger partial charge in [0.2, 0.25) is 0 Å². The summed E-state index contributed by atoms with van der Waals surface area (Å²) in [5.74, 6) is 0. The summed E-state index contributed by atoms with van der Waals surface area (Å²) >= 11 is 5.96. The molecule has 2 N–H and O–H groups in total. The molecule has 0 bridgehead atoms. The Morgan fingerprint density at radius 2 is 1.94 bits per heavy atom. The molecular formula is C14H20ClNO2. The molecule has 1 fully saturated rings. The van der Waals surface area contributed by atoms with Crippen LogP contribution >= 0.6 is 11.6 Å². The van der Waals surface area contributed by atoms with Crippen LogP contribution in [0.4, 0.5) is 5.69 Å². The van der Waals surface area contributed by atoms with E-state index in [1.807, 2.05) is 12.1 Å². The maximum Gasteiger partial charge on any atom is 0.0702 e. The molecule has 0 radical (unpaired) electrons. The molecule has 0 spiro atoms. The molecule has 1 aromatic rings. The molecule has 2 rings (SSSR count). The number of aliphatic hydroxyl groups excluding tert-OH is 2. The topological polar surface area (TPSA) is 43.7 Å². The Labute approximate surface area is 113 Å². The normalized spacial score (nSPS) is 16.2. The van der Waals surface area contributed by atoms with Gasteiger partial charge in [0.05, 0.1) is 13.2 Å². The Hall–Kier alpha value is -0.770. The second-order valence-corrected chi connectivity index (χ2v) is 5.22. The highest BCUT2D eigenvalue weighted by Crippen LogP contribution is 2.31. The van der Waals surface area contributed by atoms with Crippen molar-refractivity contribution >= 4 is 17.3 Å². The molecule has 0 amide bonds. The van der Waals surface area contributed by atoms with Gasteiger partial charge in [-0.05, 0) is 31.0 Å². The highest BCUT2D eigenvalue weighted by molar-refractivity contribution is 6.30. The van der Waals surface area contributed by atoms with Crippen LogP contribution in [-0.2, 0) is 6.61 Å². The highest BCUT2D eigenvalue weighted by atomic mass is 35.5. The van der Waals surface area contributed by atoms with Gasteiger partial charge < -0.3 is 15.1 Å². The Balaban J connectivity index is 2.28. The monoisotopic (exact) mass is 269 g/mol. The largest absolute Gasteiger partial charge is 0.395 e. The van der Waals surface area contributed by atoms with Gasteiger partial charge in [0, 0.05) is 28.9 Å². The molecule has 0 atom stereocenters. The van der Waals surface area contributed by atoms with Crippen molar-refractivity contribution in [3.8, 4) is 0 Å². The average molecular weight is 270 g/mol. The number of rotatable bonds is 5. The van der Waals surface area contributed by atoms with Crippen LogP contribution < -0.4 is 4.90 Å². The van der Waals surface area contributed by atoms with Gasteiger partial charge in [-0.1, -0.05) is 24.4 Å². The molecule has 0 heterocycles. The van der Waals surface area contributed by atoms with E-state index in [1.54, 1.807) is 6.07 Å². The fourth-order valence-electron chi connectivity index (χ4n) is 2.78. The maximum atomic E-state index is 9.45. The lowest BCUT2D eigenvalue weighted by atomic mass is 10.1. The third kappa shape index (κ3) is 2.97. The highest BCUT2D eigenvalue weighted by Gasteiger charge is 2.24. The molecule has 4 heteroatoms. The molecule has 3 nitrogen and oxygen atoms in total. The average Bonchev–Trinajstić information content (AvgIpc) is 2.90. The second kappa shape index (κ2) is 6.41. The number of aliphatic hydroxyl groups is 2. The molecule has 1 aliphatic carbocycles. The third-order valence-electron chi connectivity index (χ3n) is 3.63. The molecule has 0 unspecified atom stereocenters. The minimum Gasteiger partial charge on any atom is -0.395 e. The van der Waals surface area contributed by atoms with Crippen molar-refractivity contribution in [2.45, 2.75) is 38.3 Å². The summed E-state index contributed by atoms with van der Waals surface area (Å²) in [5, 5.41) is 19.3. The molecule has 0 saturated heterocycles. The van der Waals surface area contributed by atoms with Gasteiger partial charge in [0.15, 0.2) is 0 Å².